The fourth-order valence-corrected chi connectivity index (χ4v) is 2.75. The van der Waals surface area contributed by atoms with Crippen LogP contribution in [0.4, 0.5) is 4.79 Å². The standard InChI is InChI=1S/C14H24N2O4/c1-8-6-7-16(10(8)9(2)17)12(18)11(14(3,4)5)15-13(19)20/h8,10-11,15H,6-7H2,1-5H3,(H,19,20)/t8-,10+,11?/m1/s1. The maximum absolute atomic E-state index is 12.6. The molecular formula is C14H24N2O4. The minimum absolute atomic E-state index is 0.0497. The Morgan fingerprint density at radius 2 is 1.85 bits per heavy atom. The van der Waals surface area contributed by atoms with Crippen LogP contribution in [0.15, 0.2) is 0 Å². The molecule has 0 aromatic carbocycles. The lowest BCUT2D eigenvalue weighted by atomic mass is 9.85. The van der Waals surface area contributed by atoms with Gasteiger partial charge in [-0.15, -0.1) is 0 Å². The Morgan fingerprint density at radius 3 is 2.25 bits per heavy atom. The van der Waals surface area contributed by atoms with Crippen LogP contribution in [0.5, 0.6) is 0 Å². The van der Waals surface area contributed by atoms with E-state index in [1.165, 1.54) is 11.8 Å². The molecule has 1 rings (SSSR count). The molecule has 2 N–H and O–H groups in total. The summed E-state index contributed by atoms with van der Waals surface area (Å²) in [6, 6.07) is -1.30. The largest absolute Gasteiger partial charge is 0.465 e. The number of likely N-dealkylation sites (tertiary alicyclic amines) is 1. The van der Waals surface area contributed by atoms with Gasteiger partial charge in [0, 0.05) is 6.54 Å². The number of ketones is 1. The highest BCUT2D eigenvalue weighted by atomic mass is 16.4. The molecule has 20 heavy (non-hydrogen) atoms. The van der Waals surface area contributed by atoms with Gasteiger partial charge in [0.1, 0.15) is 6.04 Å². The fourth-order valence-electron chi connectivity index (χ4n) is 2.75. The van der Waals surface area contributed by atoms with Crippen LogP contribution in [0.1, 0.15) is 41.0 Å². The van der Waals surface area contributed by atoms with Crippen molar-refractivity contribution in [3.63, 3.8) is 0 Å². The molecule has 1 heterocycles. The maximum atomic E-state index is 12.6. The van der Waals surface area contributed by atoms with Gasteiger partial charge in [-0.1, -0.05) is 27.7 Å². The summed E-state index contributed by atoms with van der Waals surface area (Å²) in [5.74, 6) is -0.252. The molecule has 1 saturated heterocycles. The molecule has 114 valence electrons. The Morgan fingerprint density at radius 1 is 1.30 bits per heavy atom. The topological polar surface area (TPSA) is 86.7 Å². The van der Waals surface area contributed by atoms with Crippen molar-refractivity contribution in [2.75, 3.05) is 6.54 Å². The van der Waals surface area contributed by atoms with Gasteiger partial charge in [0.15, 0.2) is 5.78 Å². The first-order valence-corrected chi connectivity index (χ1v) is 6.86. The average molecular weight is 284 g/mol. The van der Waals surface area contributed by atoms with E-state index in [9.17, 15) is 14.4 Å². The highest BCUT2D eigenvalue weighted by molar-refractivity contribution is 5.92. The summed E-state index contributed by atoms with van der Waals surface area (Å²) in [5, 5.41) is 11.2. The molecule has 0 aromatic heterocycles. The van der Waals surface area contributed by atoms with Crippen LogP contribution in [0.3, 0.4) is 0 Å². The lowest BCUT2D eigenvalue weighted by molar-refractivity contribution is -0.141. The number of hydrogen-bond donors (Lipinski definition) is 2. The van der Waals surface area contributed by atoms with E-state index in [2.05, 4.69) is 5.32 Å². The number of Topliss-reactive ketones (excluding diaryl/α,β-unsaturated/α-hetero) is 1. The number of carbonyl (C=O) groups excluding carboxylic acids is 2. The lowest BCUT2D eigenvalue weighted by Crippen LogP contribution is -2.56. The van der Waals surface area contributed by atoms with Crippen LogP contribution >= 0.6 is 0 Å². The third-order valence-electron chi connectivity index (χ3n) is 3.78. The zero-order chi connectivity index (χ0) is 15.7. The van der Waals surface area contributed by atoms with Gasteiger partial charge < -0.3 is 15.3 Å². The summed E-state index contributed by atoms with van der Waals surface area (Å²) in [7, 11) is 0. The van der Waals surface area contributed by atoms with E-state index in [1.807, 2.05) is 6.92 Å². The van der Waals surface area contributed by atoms with Crippen molar-refractivity contribution in [1.82, 2.24) is 10.2 Å². The molecule has 1 aliphatic heterocycles. The number of nitrogens with zero attached hydrogens (tertiary/aromatic N) is 1. The second-order valence-electron chi connectivity index (χ2n) is 6.60. The third-order valence-corrected chi connectivity index (χ3v) is 3.78. The second-order valence-corrected chi connectivity index (χ2v) is 6.60. The van der Waals surface area contributed by atoms with Crippen molar-refractivity contribution < 1.29 is 19.5 Å². The number of carboxylic acid groups (broad SMARTS) is 1. The van der Waals surface area contributed by atoms with Crippen molar-refractivity contribution in [2.45, 2.75) is 53.1 Å². The molecule has 0 bridgehead atoms. The highest BCUT2D eigenvalue weighted by Crippen LogP contribution is 2.29. The number of amides is 2. The van der Waals surface area contributed by atoms with E-state index in [-0.39, 0.29) is 17.6 Å². The summed E-state index contributed by atoms with van der Waals surface area (Å²) >= 11 is 0. The van der Waals surface area contributed by atoms with Crippen LogP contribution in [-0.2, 0) is 9.59 Å². The molecule has 0 aliphatic carbocycles. The van der Waals surface area contributed by atoms with Gasteiger partial charge >= 0.3 is 6.09 Å². The highest BCUT2D eigenvalue weighted by Gasteiger charge is 2.43. The maximum Gasteiger partial charge on any atom is 0.405 e. The summed E-state index contributed by atoms with van der Waals surface area (Å²) in [6.07, 6.45) is -0.468. The van der Waals surface area contributed by atoms with Gasteiger partial charge in [0.25, 0.3) is 0 Å². The molecular weight excluding hydrogens is 260 g/mol. The van der Waals surface area contributed by atoms with Crippen molar-refractivity contribution in [3.8, 4) is 0 Å². The lowest BCUT2D eigenvalue weighted by Gasteiger charge is -2.35. The summed E-state index contributed by atoms with van der Waals surface area (Å²) in [6.45, 7) is 9.31. The van der Waals surface area contributed by atoms with E-state index in [4.69, 9.17) is 5.11 Å². The molecule has 2 amide bonds. The van der Waals surface area contributed by atoms with Gasteiger partial charge in [-0.3, -0.25) is 9.59 Å². The molecule has 0 spiro atoms. The predicted molar refractivity (Wildman–Crippen MR) is 74.4 cm³/mol. The number of nitrogens with one attached hydrogen (secondary N) is 1. The van der Waals surface area contributed by atoms with Gasteiger partial charge in [-0.2, -0.15) is 0 Å². The van der Waals surface area contributed by atoms with Crippen LogP contribution < -0.4 is 5.32 Å². The molecule has 0 aromatic rings. The van der Waals surface area contributed by atoms with Gasteiger partial charge in [-0.05, 0) is 24.7 Å². The smallest absolute Gasteiger partial charge is 0.405 e. The average Bonchev–Trinajstić information content (AvgIpc) is 2.65. The first-order valence-electron chi connectivity index (χ1n) is 6.86. The van der Waals surface area contributed by atoms with Gasteiger partial charge in [-0.25, -0.2) is 4.79 Å². The third kappa shape index (κ3) is 3.49. The van der Waals surface area contributed by atoms with Crippen LogP contribution in [-0.4, -0.2) is 46.4 Å². The van der Waals surface area contributed by atoms with Crippen molar-refractivity contribution in [2.24, 2.45) is 11.3 Å². The zero-order valence-corrected chi connectivity index (χ0v) is 12.8. The van der Waals surface area contributed by atoms with E-state index < -0.39 is 23.6 Å². The Hall–Kier alpha value is -1.59. The first kappa shape index (κ1) is 16.5. The van der Waals surface area contributed by atoms with Gasteiger partial charge in [0.05, 0.1) is 6.04 Å². The van der Waals surface area contributed by atoms with Crippen LogP contribution in [0, 0.1) is 11.3 Å². The second kappa shape index (κ2) is 5.81. The summed E-state index contributed by atoms with van der Waals surface area (Å²) in [5.41, 5.74) is -0.553. The molecule has 1 fully saturated rings. The fraction of sp³-hybridized carbons (Fsp3) is 0.786. The Balaban J connectivity index is 3.00. The molecule has 6 nitrogen and oxygen atoms in total. The molecule has 3 atom stereocenters. The van der Waals surface area contributed by atoms with E-state index >= 15 is 0 Å². The quantitative estimate of drug-likeness (QED) is 0.822. The number of hydrogen-bond acceptors (Lipinski definition) is 3. The van der Waals surface area contributed by atoms with Crippen LogP contribution in [0.2, 0.25) is 0 Å². The van der Waals surface area contributed by atoms with E-state index in [0.29, 0.717) is 6.54 Å². The number of rotatable bonds is 3. The van der Waals surface area contributed by atoms with Gasteiger partial charge in [0.2, 0.25) is 5.91 Å². The van der Waals surface area contributed by atoms with Crippen molar-refractivity contribution in [1.29, 1.82) is 0 Å². The molecule has 1 unspecified atom stereocenters. The van der Waals surface area contributed by atoms with Crippen molar-refractivity contribution in [3.05, 3.63) is 0 Å². The van der Waals surface area contributed by atoms with Crippen molar-refractivity contribution >= 4 is 17.8 Å². The first-order chi connectivity index (χ1) is 9.05. The normalized spacial score (nSPS) is 24.4. The molecule has 0 saturated carbocycles. The minimum atomic E-state index is -1.23. The Kier molecular flexibility index (Phi) is 4.78. The summed E-state index contributed by atoms with van der Waals surface area (Å²) < 4.78 is 0. The zero-order valence-electron chi connectivity index (χ0n) is 12.8. The number of carbonyl (C=O) groups is 3. The van der Waals surface area contributed by atoms with E-state index in [1.54, 1.807) is 20.8 Å². The molecule has 1 aliphatic rings. The van der Waals surface area contributed by atoms with E-state index in [0.717, 1.165) is 6.42 Å². The van der Waals surface area contributed by atoms with Crippen LogP contribution in [0.25, 0.3) is 0 Å². The molecule has 6 heteroatoms. The summed E-state index contributed by atoms with van der Waals surface area (Å²) in [4.78, 5) is 36.8. The predicted octanol–water partition coefficient (Wildman–Crippen LogP) is 1.49. The SMILES string of the molecule is CC(=O)[C@@H]1[C@H](C)CCN1C(=O)C(NC(=O)O)C(C)(C)C. The Bertz CT molecular complexity index is 414. The minimum Gasteiger partial charge on any atom is -0.465 e. The molecule has 0 radical (unpaired) electrons. The monoisotopic (exact) mass is 284 g/mol. The Labute approximate surface area is 119 Å².